The Kier molecular flexibility index (Phi) is 7.70. The fraction of sp³-hybridized carbons (Fsp3) is 0.419. The number of aromatic hydroxyl groups is 1. The first kappa shape index (κ1) is 34.8. The molecule has 4 atom stereocenters. The standard InChI is InChI=1S/C43H44N6O7/c1-21-12-30(50)37-31(53-21)17-32-38(39(37)51)36-23-5-7-26(8-6-23)43(41(52)54-40(36)42(2,3)55-32)33(56-43)9-4-22-13-28(48-34(44)14-22)25-15-27(47-35(45)16-25)19-49-18-24-10-11-46-29(24)20-49/h10-18,23,26,33,36,40,51H,4-9,19-20H2,1-3H3,(H2,44,48)(H2,45,47). The van der Waals surface area contributed by atoms with Crippen LogP contribution in [0.5, 0.6) is 11.5 Å². The predicted octanol–water partition coefficient (Wildman–Crippen LogP) is 5.85. The number of hydrogen-bond donors (Lipinski definition) is 3. The Morgan fingerprint density at radius 3 is 2.61 bits per heavy atom. The van der Waals surface area contributed by atoms with Crippen molar-refractivity contribution in [2.24, 2.45) is 16.8 Å². The number of phenols is 1. The lowest BCUT2D eigenvalue weighted by Crippen LogP contribution is -2.53. The summed E-state index contributed by atoms with van der Waals surface area (Å²) < 4.78 is 25.4. The number of esters is 1. The van der Waals surface area contributed by atoms with Crippen molar-refractivity contribution in [2.75, 3.05) is 18.0 Å². The first-order chi connectivity index (χ1) is 26.9. The van der Waals surface area contributed by atoms with Gasteiger partial charge in [-0.15, -0.1) is 0 Å². The van der Waals surface area contributed by atoms with E-state index in [4.69, 9.17) is 30.1 Å². The zero-order valence-electron chi connectivity index (χ0n) is 31.6. The molecule has 1 spiro atoms. The highest BCUT2D eigenvalue weighted by molar-refractivity contribution is 6.07. The number of nitrogens with zero attached hydrogens (tertiary/aromatic N) is 4. The number of aryl methyl sites for hydroxylation is 2. The zero-order chi connectivity index (χ0) is 38.7. The molecule has 3 aromatic heterocycles. The maximum Gasteiger partial charge on any atom is 0.341 e. The number of allylic oxidation sites excluding steroid dienone is 1. The molecule has 13 heteroatoms. The molecule has 4 unspecified atom stereocenters. The van der Waals surface area contributed by atoms with Gasteiger partial charge in [0.1, 0.15) is 51.6 Å². The molecule has 11 rings (SSSR count). The van der Waals surface area contributed by atoms with Crippen LogP contribution in [0, 0.1) is 18.8 Å². The Balaban J connectivity index is 0.899. The molecule has 2 bridgehead atoms. The first-order valence-electron chi connectivity index (χ1n) is 19.5. The van der Waals surface area contributed by atoms with Crippen LogP contribution < -0.4 is 21.6 Å². The third-order valence-electron chi connectivity index (χ3n) is 12.7. The van der Waals surface area contributed by atoms with Crippen LogP contribution in [0.2, 0.25) is 0 Å². The second-order valence-electron chi connectivity index (χ2n) is 16.8. The maximum atomic E-state index is 14.5. The van der Waals surface area contributed by atoms with Gasteiger partial charge in [0.15, 0.2) is 11.0 Å². The number of rotatable bonds is 6. The monoisotopic (exact) mass is 756 g/mol. The minimum Gasteiger partial charge on any atom is -0.507 e. The lowest BCUT2D eigenvalue weighted by molar-refractivity contribution is -0.172. The van der Waals surface area contributed by atoms with E-state index < -0.39 is 23.3 Å². The summed E-state index contributed by atoms with van der Waals surface area (Å²) >= 11 is 0. The number of carbonyl (C=O) groups excluding carboxylic acids is 1. The molecular weight excluding hydrogens is 713 g/mol. The molecule has 1 aromatic carbocycles. The number of hydrogen-bond acceptors (Lipinski definition) is 13. The van der Waals surface area contributed by atoms with E-state index in [9.17, 15) is 14.7 Å². The van der Waals surface area contributed by atoms with E-state index in [1.165, 1.54) is 6.07 Å². The number of anilines is 2. The van der Waals surface area contributed by atoms with Crippen molar-refractivity contribution < 1.29 is 28.5 Å². The van der Waals surface area contributed by atoms with Crippen molar-refractivity contribution in [1.82, 2.24) is 14.9 Å². The highest BCUT2D eigenvalue weighted by atomic mass is 16.7. The van der Waals surface area contributed by atoms with Crippen LogP contribution in [0.1, 0.15) is 74.5 Å². The zero-order valence-corrected chi connectivity index (χ0v) is 31.6. The van der Waals surface area contributed by atoms with E-state index in [0.29, 0.717) is 53.8 Å². The second-order valence-corrected chi connectivity index (χ2v) is 16.8. The molecule has 3 saturated heterocycles. The highest BCUT2D eigenvalue weighted by Crippen LogP contribution is 2.60. The molecule has 6 aliphatic heterocycles. The molecule has 9 heterocycles. The van der Waals surface area contributed by atoms with E-state index in [1.807, 2.05) is 50.4 Å². The number of fused-ring (bicyclic) bond motifs is 6. The number of nitrogens with two attached hydrogens (primary N) is 2. The minimum absolute atomic E-state index is 0.00896. The maximum absolute atomic E-state index is 14.5. The SMILES string of the molecule is Cc1cc(=O)c2c(O)c3c(cc2o1)OC(C)(C)C1OC(=O)C2(OC2CCc2cc(N)nc(-c4cc(N)nc(CN5C=C6C=CN=C6C5)c4)c2)C2CCC(CC2)C31. The molecule has 288 valence electrons. The molecule has 0 amide bonds. The fourth-order valence-electron chi connectivity index (χ4n) is 10.2. The van der Waals surface area contributed by atoms with Crippen LogP contribution in [-0.4, -0.2) is 61.6 Å². The summed E-state index contributed by atoms with van der Waals surface area (Å²) in [5.74, 6) is 0.829. The third-order valence-corrected chi connectivity index (χ3v) is 12.7. The van der Waals surface area contributed by atoms with Gasteiger partial charge in [-0.05, 0) is 101 Å². The van der Waals surface area contributed by atoms with Gasteiger partial charge < -0.3 is 40.1 Å². The minimum atomic E-state index is -1.07. The van der Waals surface area contributed by atoms with Gasteiger partial charge in [0.2, 0.25) is 0 Å². The van der Waals surface area contributed by atoms with E-state index >= 15 is 0 Å². The number of carbonyl (C=O) groups is 1. The molecule has 0 radical (unpaired) electrons. The van der Waals surface area contributed by atoms with Crippen molar-refractivity contribution in [3.63, 3.8) is 0 Å². The van der Waals surface area contributed by atoms with Gasteiger partial charge in [-0.3, -0.25) is 9.79 Å². The summed E-state index contributed by atoms with van der Waals surface area (Å²) in [6.07, 6.45) is 9.24. The largest absolute Gasteiger partial charge is 0.507 e. The summed E-state index contributed by atoms with van der Waals surface area (Å²) in [5.41, 5.74) is 16.6. The molecule has 1 saturated carbocycles. The number of nitrogen functional groups attached to an aromatic ring is 2. The van der Waals surface area contributed by atoms with Crippen LogP contribution in [0.4, 0.5) is 11.6 Å². The Bertz CT molecular complexity index is 2500. The number of pyridine rings is 2. The van der Waals surface area contributed by atoms with Gasteiger partial charge in [0.25, 0.3) is 0 Å². The molecule has 1 aliphatic carbocycles. The average Bonchev–Trinajstić information content (AvgIpc) is 3.48. The Labute approximate surface area is 323 Å². The molecule has 4 aromatic rings. The van der Waals surface area contributed by atoms with Gasteiger partial charge >= 0.3 is 5.97 Å². The van der Waals surface area contributed by atoms with Crippen LogP contribution in [0.25, 0.3) is 22.2 Å². The number of aliphatic imine (C=N–C) groups is 1. The van der Waals surface area contributed by atoms with Crippen molar-refractivity contribution >= 4 is 34.3 Å². The Hall–Kier alpha value is -5.69. The number of epoxide rings is 1. The normalized spacial score (nSPS) is 28.1. The Morgan fingerprint density at radius 1 is 1.00 bits per heavy atom. The van der Waals surface area contributed by atoms with Crippen LogP contribution in [-0.2, 0) is 27.2 Å². The predicted molar refractivity (Wildman–Crippen MR) is 209 cm³/mol. The number of benzene rings is 1. The molecular formula is C43H44N6O7. The lowest BCUT2D eigenvalue weighted by Gasteiger charge is -2.47. The first-order valence-corrected chi connectivity index (χ1v) is 19.5. The number of aromatic nitrogens is 2. The van der Waals surface area contributed by atoms with Crippen LogP contribution in [0.3, 0.4) is 0 Å². The van der Waals surface area contributed by atoms with Gasteiger partial charge in [-0.2, -0.15) is 0 Å². The molecule has 4 fully saturated rings. The smallest absolute Gasteiger partial charge is 0.341 e. The Morgan fingerprint density at radius 2 is 1.80 bits per heavy atom. The highest BCUT2D eigenvalue weighted by Gasteiger charge is 2.69. The third kappa shape index (κ3) is 5.57. The van der Waals surface area contributed by atoms with E-state index in [2.05, 4.69) is 26.1 Å². The van der Waals surface area contributed by atoms with E-state index in [-0.39, 0.29) is 46.0 Å². The number of ether oxygens (including phenoxy) is 3. The second kappa shape index (κ2) is 12.4. The molecule has 5 N–H and O–H groups in total. The topological polar surface area (TPSA) is 192 Å². The molecule has 13 nitrogen and oxygen atoms in total. The van der Waals surface area contributed by atoms with Crippen molar-refractivity contribution in [1.29, 1.82) is 0 Å². The summed E-state index contributed by atoms with van der Waals surface area (Å²) in [4.78, 5) is 43.4. The average molecular weight is 757 g/mol. The molecule has 56 heavy (non-hydrogen) atoms. The molecule has 7 aliphatic rings. The number of phenolic OH excluding ortho intramolecular Hbond substituents is 1. The van der Waals surface area contributed by atoms with Gasteiger partial charge in [0, 0.05) is 53.1 Å². The van der Waals surface area contributed by atoms with Gasteiger partial charge in [-0.25, -0.2) is 14.8 Å². The summed E-state index contributed by atoms with van der Waals surface area (Å²) in [6, 6.07) is 10.8. The fourth-order valence-corrected chi connectivity index (χ4v) is 10.2. The van der Waals surface area contributed by atoms with Gasteiger partial charge in [-0.1, -0.05) is 0 Å². The van der Waals surface area contributed by atoms with E-state index in [1.54, 1.807) is 13.0 Å². The van der Waals surface area contributed by atoms with Crippen molar-refractivity contribution in [2.45, 2.75) is 95.2 Å². The van der Waals surface area contributed by atoms with Crippen molar-refractivity contribution in [3.8, 4) is 22.8 Å². The van der Waals surface area contributed by atoms with E-state index in [0.717, 1.165) is 60.3 Å². The van der Waals surface area contributed by atoms with Crippen LogP contribution >= 0.6 is 0 Å². The lowest BCUT2D eigenvalue weighted by atomic mass is 9.66. The van der Waals surface area contributed by atoms with Crippen LogP contribution in [0.15, 0.2) is 74.7 Å². The summed E-state index contributed by atoms with van der Waals surface area (Å²) in [6.45, 7) is 6.81. The van der Waals surface area contributed by atoms with Gasteiger partial charge in [0.05, 0.1) is 36.3 Å². The summed E-state index contributed by atoms with van der Waals surface area (Å²) in [7, 11) is 0. The van der Waals surface area contributed by atoms with Crippen molar-refractivity contribution in [3.05, 3.63) is 93.3 Å². The quantitative estimate of drug-likeness (QED) is 0.157. The summed E-state index contributed by atoms with van der Waals surface area (Å²) in [5, 5.41) is 11.8.